The molecule has 1 saturated heterocycles. The van der Waals surface area contributed by atoms with Crippen molar-refractivity contribution < 1.29 is 9.18 Å². The van der Waals surface area contributed by atoms with Gasteiger partial charge in [-0.25, -0.2) is 9.37 Å². The Labute approximate surface area is 146 Å². The lowest BCUT2D eigenvalue weighted by Gasteiger charge is -2.30. The van der Waals surface area contributed by atoms with Gasteiger partial charge in [0.1, 0.15) is 18.0 Å². The van der Waals surface area contributed by atoms with E-state index in [1.807, 2.05) is 0 Å². The summed E-state index contributed by atoms with van der Waals surface area (Å²) in [4.78, 5) is 18.1. The first-order valence-electron chi connectivity index (χ1n) is 8.75. The van der Waals surface area contributed by atoms with Crippen LogP contribution in [-0.2, 0) is 11.2 Å². The Morgan fingerprint density at radius 2 is 2.32 bits per heavy atom. The van der Waals surface area contributed by atoms with Crippen molar-refractivity contribution in [2.75, 3.05) is 16.8 Å². The topological polar surface area (TPSA) is 73.9 Å². The van der Waals surface area contributed by atoms with Gasteiger partial charge in [0.2, 0.25) is 5.91 Å². The van der Waals surface area contributed by atoms with E-state index < -0.39 is 0 Å². The number of carbonyl (C=O) groups is 1. The van der Waals surface area contributed by atoms with Crippen molar-refractivity contribution in [3.05, 3.63) is 36.2 Å². The van der Waals surface area contributed by atoms with Crippen LogP contribution in [-0.4, -0.2) is 33.7 Å². The highest BCUT2D eigenvalue weighted by atomic mass is 19.1. The molecule has 1 aliphatic rings. The van der Waals surface area contributed by atoms with Gasteiger partial charge < -0.3 is 10.2 Å². The number of H-pyrrole nitrogens is 1. The molecule has 1 aromatic carbocycles. The summed E-state index contributed by atoms with van der Waals surface area (Å²) in [6, 6.07) is 5.30. The molecule has 0 saturated carbocycles. The first-order chi connectivity index (χ1) is 12.0. The van der Waals surface area contributed by atoms with Gasteiger partial charge in [-0.15, -0.1) is 0 Å². The average molecular weight is 345 g/mol. The van der Waals surface area contributed by atoms with Gasteiger partial charge in [-0.3, -0.25) is 9.89 Å². The molecule has 134 valence electrons. The Bertz CT molecular complexity index is 716. The zero-order valence-electron chi connectivity index (χ0n) is 14.6. The summed E-state index contributed by atoms with van der Waals surface area (Å²) in [6.07, 6.45) is 4.32. The predicted octanol–water partition coefficient (Wildman–Crippen LogP) is 3.14. The van der Waals surface area contributed by atoms with Crippen LogP contribution >= 0.6 is 0 Å². The van der Waals surface area contributed by atoms with Crippen molar-refractivity contribution in [2.45, 2.75) is 45.6 Å². The Hall–Kier alpha value is -2.44. The molecule has 2 aromatic rings. The smallest absolute Gasteiger partial charge is 0.224 e. The van der Waals surface area contributed by atoms with Crippen LogP contribution in [0.5, 0.6) is 0 Å². The number of hydrogen-bond acceptors (Lipinski definition) is 4. The van der Waals surface area contributed by atoms with Crippen LogP contribution < -0.4 is 10.2 Å². The number of aromatic nitrogens is 3. The fourth-order valence-corrected chi connectivity index (χ4v) is 3.41. The second-order valence-electron chi connectivity index (χ2n) is 6.79. The van der Waals surface area contributed by atoms with E-state index in [1.165, 1.54) is 12.4 Å². The number of nitrogens with zero attached hydrogens (tertiary/aromatic N) is 3. The third-order valence-electron chi connectivity index (χ3n) is 4.66. The van der Waals surface area contributed by atoms with Crippen molar-refractivity contribution in [1.29, 1.82) is 0 Å². The summed E-state index contributed by atoms with van der Waals surface area (Å²) in [5.74, 6) is 0.674. The lowest BCUT2D eigenvalue weighted by molar-refractivity contribution is -0.116. The third kappa shape index (κ3) is 4.15. The van der Waals surface area contributed by atoms with Crippen LogP contribution in [0.4, 0.5) is 15.8 Å². The largest absolute Gasteiger partial charge is 0.366 e. The second kappa shape index (κ2) is 7.63. The van der Waals surface area contributed by atoms with Crippen molar-refractivity contribution in [2.24, 2.45) is 5.92 Å². The molecule has 1 aliphatic heterocycles. The molecule has 0 bridgehead atoms. The van der Waals surface area contributed by atoms with E-state index in [1.54, 1.807) is 12.1 Å². The van der Waals surface area contributed by atoms with E-state index in [-0.39, 0.29) is 18.1 Å². The molecule has 3 rings (SSSR count). The number of aryl methyl sites for hydroxylation is 1. The van der Waals surface area contributed by atoms with Crippen molar-refractivity contribution in [1.82, 2.24) is 15.2 Å². The van der Waals surface area contributed by atoms with Gasteiger partial charge in [-0.2, -0.15) is 5.10 Å². The molecule has 7 heteroatoms. The number of nitrogens with one attached hydrogen (secondary N) is 2. The minimum absolute atomic E-state index is 0.176. The summed E-state index contributed by atoms with van der Waals surface area (Å²) >= 11 is 0. The highest BCUT2D eigenvalue weighted by molar-refractivity contribution is 5.91. The molecule has 1 atom stereocenters. The molecule has 0 unspecified atom stereocenters. The first-order valence-corrected chi connectivity index (χ1v) is 8.75. The number of anilines is 2. The maximum atomic E-state index is 14.6. The fraction of sp³-hybridized carbons (Fsp3) is 0.500. The Kier molecular flexibility index (Phi) is 5.31. The number of aromatic amines is 1. The molecular weight excluding hydrogens is 321 g/mol. The second-order valence-corrected chi connectivity index (χ2v) is 6.79. The van der Waals surface area contributed by atoms with Crippen molar-refractivity contribution in [3.63, 3.8) is 0 Å². The van der Waals surface area contributed by atoms with E-state index in [0.717, 1.165) is 19.4 Å². The van der Waals surface area contributed by atoms with E-state index in [0.29, 0.717) is 35.6 Å². The molecule has 1 aromatic heterocycles. The standard InChI is InChI=1S/C18H24FN5O/c1-12(2)15-4-3-9-24(15)16-6-5-13(10-14(16)19)22-18(25)8-7-17-20-11-21-23-17/h5-6,10-12,15H,3-4,7-9H2,1-2H3,(H,22,25)(H,20,21,23)/t15-/m1/s1. The molecule has 25 heavy (non-hydrogen) atoms. The zero-order valence-corrected chi connectivity index (χ0v) is 14.6. The minimum atomic E-state index is -0.291. The Balaban J connectivity index is 1.62. The van der Waals surface area contributed by atoms with Crippen LogP contribution in [0.25, 0.3) is 0 Å². The summed E-state index contributed by atoms with van der Waals surface area (Å²) in [7, 11) is 0. The minimum Gasteiger partial charge on any atom is -0.366 e. The number of carbonyl (C=O) groups excluding carboxylic acids is 1. The molecule has 2 heterocycles. The van der Waals surface area contributed by atoms with Gasteiger partial charge in [0.15, 0.2) is 0 Å². The van der Waals surface area contributed by atoms with E-state index >= 15 is 0 Å². The summed E-state index contributed by atoms with van der Waals surface area (Å²) < 4.78 is 14.6. The SMILES string of the molecule is CC(C)[C@H]1CCCN1c1ccc(NC(=O)CCc2ncn[nH]2)cc1F. The van der Waals surface area contributed by atoms with Gasteiger partial charge in [0, 0.05) is 31.1 Å². The van der Waals surface area contributed by atoms with Gasteiger partial charge in [-0.05, 0) is 37.0 Å². The summed E-state index contributed by atoms with van der Waals surface area (Å²) in [6.45, 7) is 5.22. The van der Waals surface area contributed by atoms with E-state index in [4.69, 9.17) is 0 Å². The number of hydrogen-bond donors (Lipinski definition) is 2. The third-order valence-corrected chi connectivity index (χ3v) is 4.66. The molecule has 1 amide bonds. The van der Waals surface area contributed by atoms with Gasteiger partial charge in [0.05, 0.1) is 5.69 Å². The number of rotatable bonds is 6. The molecular formula is C18H24FN5O. The average Bonchev–Trinajstić information content (AvgIpc) is 3.24. The molecule has 6 nitrogen and oxygen atoms in total. The van der Waals surface area contributed by atoms with Crippen LogP contribution in [0.15, 0.2) is 24.5 Å². The predicted molar refractivity (Wildman–Crippen MR) is 94.9 cm³/mol. The molecule has 0 radical (unpaired) electrons. The fourth-order valence-electron chi connectivity index (χ4n) is 3.41. The highest BCUT2D eigenvalue weighted by Gasteiger charge is 2.28. The Morgan fingerprint density at radius 3 is 3.00 bits per heavy atom. The summed E-state index contributed by atoms with van der Waals surface area (Å²) in [5.41, 5.74) is 1.10. The summed E-state index contributed by atoms with van der Waals surface area (Å²) in [5, 5.41) is 9.19. The van der Waals surface area contributed by atoms with Gasteiger partial charge in [0.25, 0.3) is 0 Å². The Morgan fingerprint density at radius 1 is 1.48 bits per heavy atom. The van der Waals surface area contributed by atoms with Gasteiger partial charge >= 0.3 is 0 Å². The number of halogens is 1. The first kappa shape index (κ1) is 17.4. The quantitative estimate of drug-likeness (QED) is 0.843. The van der Waals surface area contributed by atoms with Crippen LogP contribution in [0.2, 0.25) is 0 Å². The van der Waals surface area contributed by atoms with E-state index in [2.05, 4.69) is 39.2 Å². The monoisotopic (exact) mass is 345 g/mol. The van der Waals surface area contributed by atoms with Crippen LogP contribution in [0.1, 0.15) is 38.9 Å². The molecule has 0 aliphatic carbocycles. The maximum absolute atomic E-state index is 14.6. The van der Waals surface area contributed by atoms with E-state index in [9.17, 15) is 9.18 Å². The van der Waals surface area contributed by atoms with Crippen molar-refractivity contribution in [3.8, 4) is 0 Å². The zero-order chi connectivity index (χ0) is 17.8. The van der Waals surface area contributed by atoms with Gasteiger partial charge in [-0.1, -0.05) is 13.8 Å². The van der Waals surface area contributed by atoms with Crippen LogP contribution in [0.3, 0.4) is 0 Å². The number of amides is 1. The lowest BCUT2D eigenvalue weighted by atomic mass is 10.0. The maximum Gasteiger partial charge on any atom is 0.224 e. The van der Waals surface area contributed by atoms with Crippen LogP contribution in [0, 0.1) is 11.7 Å². The number of benzene rings is 1. The van der Waals surface area contributed by atoms with Crippen molar-refractivity contribution >= 4 is 17.3 Å². The molecule has 2 N–H and O–H groups in total. The molecule has 0 spiro atoms. The normalized spacial score (nSPS) is 17.3. The molecule has 1 fully saturated rings. The lowest BCUT2D eigenvalue weighted by Crippen LogP contribution is -2.33. The highest BCUT2D eigenvalue weighted by Crippen LogP contribution is 2.32.